The van der Waals surface area contributed by atoms with E-state index in [0.29, 0.717) is 11.7 Å². The number of nitrogens with zero attached hydrogens (tertiary/aromatic N) is 2. The van der Waals surface area contributed by atoms with Crippen molar-refractivity contribution in [3.05, 3.63) is 65.2 Å². The first-order valence-corrected chi connectivity index (χ1v) is 11.8. The van der Waals surface area contributed by atoms with Gasteiger partial charge < -0.3 is 5.32 Å². The molecule has 3 aromatic rings. The smallest absolute Gasteiger partial charge is 0.234 e. The average Bonchev–Trinajstić information content (AvgIpc) is 3.15. The molecule has 0 aliphatic carbocycles. The standard InChI is InChI=1S/C21H23N3OS3/c1-14(2)17-8-6-16(7-9-17)12-26-20-23-24-21(28-20)27-13-19(25)22-18-10-4-15(3)5-11-18/h4-11,14H,12-13H2,1-3H3,(H,22,25). The van der Waals surface area contributed by atoms with Gasteiger partial charge >= 0.3 is 0 Å². The van der Waals surface area contributed by atoms with E-state index in [4.69, 9.17) is 0 Å². The number of hydrogen-bond acceptors (Lipinski definition) is 6. The molecule has 1 amide bonds. The van der Waals surface area contributed by atoms with Crippen LogP contribution in [0.15, 0.2) is 57.2 Å². The summed E-state index contributed by atoms with van der Waals surface area (Å²) in [5.41, 5.74) is 4.61. The summed E-state index contributed by atoms with van der Waals surface area (Å²) in [6.07, 6.45) is 0. The Labute approximate surface area is 178 Å². The molecular weight excluding hydrogens is 406 g/mol. The molecule has 0 unspecified atom stereocenters. The van der Waals surface area contributed by atoms with Crippen molar-refractivity contribution in [1.29, 1.82) is 0 Å². The van der Waals surface area contributed by atoms with E-state index in [-0.39, 0.29) is 5.91 Å². The molecule has 1 aromatic heterocycles. The maximum Gasteiger partial charge on any atom is 0.234 e. The van der Waals surface area contributed by atoms with Gasteiger partial charge in [0.05, 0.1) is 5.75 Å². The summed E-state index contributed by atoms with van der Waals surface area (Å²) in [6.45, 7) is 6.42. The topological polar surface area (TPSA) is 54.9 Å². The molecule has 2 aromatic carbocycles. The lowest BCUT2D eigenvalue weighted by Crippen LogP contribution is -2.13. The Kier molecular flexibility index (Phi) is 7.53. The van der Waals surface area contributed by atoms with E-state index in [1.807, 2.05) is 31.2 Å². The van der Waals surface area contributed by atoms with Crippen LogP contribution in [-0.4, -0.2) is 21.9 Å². The van der Waals surface area contributed by atoms with Crippen molar-refractivity contribution in [2.24, 2.45) is 0 Å². The van der Waals surface area contributed by atoms with Crippen LogP contribution in [0, 0.1) is 6.92 Å². The van der Waals surface area contributed by atoms with E-state index in [0.717, 1.165) is 20.1 Å². The molecule has 0 aliphatic heterocycles. The molecule has 7 heteroatoms. The van der Waals surface area contributed by atoms with Gasteiger partial charge in [-0.15, -0.1) is 10.2 Å². The third-order valence-electron chi connectivity index (χ3n) is 4.06. The quantitative estimate of drug-likeness (QED) is 0.446. The fourth-order valence-electron chi connectivity index (χ4n) is 2.42. The van der Waals surface area contributed by atoms with Crippen molar-refractivity contribution in [2.75, 3.05) is 11.1 Å². The van der Waals surface area contributed by atoms with Gasteiger partial charge in [0.2, 0.25) is 5.91 Å². The van der Waals surface area contributed by atoms with Gasteiger partial charge in [-0.2, -0.15) is 0 Å². The summed E-state index contributed by atoms with van der Waals surface area (Å²) in [7, 11) is 0. The summed E-state index contributed by atoms with van der Waals surface area (Å²) in [6, 6.07) is 16.5. The lowest BCUT2D eigenvalue weighted by atomic mass is 10.0. The zero-order chi connectivity index (χ0) is 19.9. The van der Waals surface area contributed by atoms with Crippen LogP contribution in [-0.2, 0) is 10.5 Å². The molecule has 0 saturated heterocycles. The largest absolute Gasteiger partial charge is 0.325 e. The number of anilines is 1. The van der Waals surface area contributed by atoms with Crippen molar-refractivity contribution >= 4 is 46.5 Å². The van der Waals surface area contributed by atoms with Gasteiger partial charge in [-0.3, -0.25) is 4.79 Å². The first kappa shape index (κ1) is 20.9. The van der Waals surface area contributed by atoms with Crippen LogP contribution in [0.1, 0.15) is 36.5 Å². The molecule has 1 heterocycles. The number of aromatic nitrogens is 2. The molecule has 0 atom stereocenters. The number of aryl methyl sites for hydroxylation is 1. The molecule has 0 spiro atoms. The summed E-state index contributed by atoms with van der Waals surface area (Å²) in [5, 5.41) is 11.3. The number of hydrogen-bond donors (Lipinski definition) is 1. The van der Waals surface area contributed by atoms with Crippen LogP contribution in [0.25, 0.3) is 0 Å². The lowest BCUT2D eigenvalue weighted by Gasteiger charge is -2.06. The van der Waals surface area contributed by atoms with Crippen molar-refractivity contribution in [3.63, 3.8) is 0 Å². The van der Waals surface area contributed by atoms with Crippen molar-refractivity contribution < 1.29 is 4.79 Å². The highest BCUT2D eigenvalue weighted by Gasteiger charge is 2.09. The summed E-state index contributed by atoms with van der Waals surface area (Å²) >= 11 is 4.63. The van der Waals surface area contributed by atoms with Crippen LogP contribution in [0.3, 0.4) is 0 Å². The van der Waals surface area contributed by atoms with Gasteiger partial charge in [-0.1, -0.05) is 90.7 Å². The lowest BCUT2D eigenvalue weighted by molar-refractivity contribution is -0.113. The Morgan fingerprint density at radius 2 is 1.64 bits per heavy atom. The van der Waals surface area contributed by atoms with E-state index in [1.54, 1.807) is 11.8 Å². The van der Waals surface area contributed by atoms with Crippen molar-refractivity contribution in [2.45, 2.75) is 41.1 Å². The second kappa shape index (κ2) is 10.1. The molecule has 1 N–H and O–H groups in total. The van der Waals surface area contributed by atoms with Gasteiger partial charge in [0.15, 0.2) is 8.68 Å². The zero-order valence-corrected chi connectivity index (χ0v) is 18.6. The third-order valence-corrected chi connectivity index (χ3v) is 7.32. The Bertz CT molecular complexity index is 905. The first-order valence-electron chi connectivity index (χ1n) is 9.04. The number of benzene rings is 2. The summed E-state index contributed by atoms with van der Waals surface area (Å²) in [5.74, 6) is 1.70. The van der Waals surface area contributed by atoms with Gasteiger partial charge in [0.1, 0.15) is 0 Å². The Morgan fingerprint density at radius 3 is 2.29 bits per heavy atom. The van der Waals surface area contributed by atoms with Gasteiger partial charge in [0, 0.05) is 11.4 Å². The van der Waals surface area contributed by atoms with E-state index in [1.165, 1.54) is 39.8 Å². The maximum absolute atomic E-state index is 12.1. The van der Waals surface area contributed by atoms with Gasteiger partial charge in [-0.25, -0.2) is 0 Å². The van der Waals surface area contributed by atoms with E-state index >= 15 is 0 Å². The average molecular weight is 430 g/mol. The van der Waals surface area contributed by atoms with Crippen LogP contribution in [0.4, 0.5) is 5.69 Å². The molecule has 0 saturated carbocycles. The SMILES string of the molecule is Cc1ccc(NC(=O)CSc2nnc(SCc3ccc(C(C)C)cc3)s2)cc1. The monoisotopic (exact) mass is 429 g/mol. The highest BCUT2D eigenvalue weighted by atomic mass is 32.2. The van der Waals surface area contributed by atoms with Crippen LogP contribution >= 0.6 is 34.9 Å². The highest BCUT2D eigenvalue weighted by Crippen LogP contribution is 2.31. The fourth-order valence-corrected chi connectivity index (χ4v) is 5.19. The molecule has 146 valence electrons. The number of nitrogens with one attached hydrogen (secondary N) is 1. The predicted molar refractivity (Wildman–Crippen MR) is 121 cm³/mol. The number of carbonyl (C=O) groups excluding carboxylic acids is 1. The van der Waals surface area contributed by atoms with Gasteiger partial charge in [0.25, 0.3) is 0 Å². The molecule has 0 radical (unpaired) electrons. The number of amides is 1. The van der Waals surface area contributed by atoms with E-state index in [9.17, 15) is 4.79 Å². The van der Waals surface area contributed by atoms with E-state index in [2.05, 4.69) is 53.6 Å². The predicted octanol–water partition coefficient (Wildman–Crippen LogP) is 5.99. The van der Waals surface area contributed by atoms with Crippen LogP contribution in [0.2, 0.25) is 0 Å². The minimum Gasteiger partial charge on any atom is -0.325 e. The van der Waals surface area contributed by atoms with E-state index < -0.39 is 0 Å². The number of thioether (sulfide) groups is 2. The minimum absolute atomic E-state index is 0.0384. The zero-order valence-electron chi connectivity index (χ0n) is 16.1. The normalized spacial score (nSPS) is 11.0. The summed E-state index contributed by atoms with van der Waals surface area (Å²) < 4.78 is 1.74. The van der Waals surface area contributed by atoms with Crippen molar-refractivity contribution in [1.82, 2.24) is 10.2 Å². The summed E-state index contributed by atoms with van der Waals surface area (Å²) in [4.78, 5) is 12.1. The Balaban J connectivity index is 1.44. The second-order valence-corrected chi connectivity index (χ2v) is 10.1. The number of rotatable bonds is 8. The van der Waals surface area contributed by atoms with Crippen LogP contribution in [0.5, 0.6) is 0 Å². The number of carbonyl (C=O) groups is 1. The second-order valence-electron chi connectivity index (χ2n) is 6.72. The van der Waals surface area contributed by atoms with Crippen LogP contribution < -0.4 is 5.32 Å². The molecule has 3 rings (SSSR count). The molecular formula is C21H23N3OS3. The van der Waals surface area contributed by atoms with Crippen molar-refractivity contribution in [3.8, 4) is 0 Å². The molecule has 0 bridgehead atoms. The first-order chi connectivity index (χ1) is 13.5. The molecule has 0 fully saturated rings. The maximum atomic E-state index is 12.1. The third kappa shape index (κ3) is 6.36. The fraction of sp³-hybridized carbons (Fsp3) is 0.286. The Morgan fingerprint density at radius 1 is 1.00 bits per heavy atom. The molecule has 28 heavy (non-hydrogen) atoms. The minimum atomic E-state index is -0.0384. The van der Waals surface area contributed by atoms with Gasteiger partial charge in [-0.05, 0) is 36.1 Å². The molecule has 4 nitrogen and oxygen atoms in total. The molecule has 0 aliphatic rings. The highest BCUT2D eigenvalue weighted by molar-refractivity contribution is 8.03. The Hall–Kier alpha value is -1.83.